The van der Waals surface area contributed by atoms with E-state index in [1.807, 2.05) is 24.8 Å². The summed E-state index contributed by atoms with van der Waals surface area (Å²) in [5.41, 5.74) is -0.0965. The van der Waals surface area contributed by atoms with Crippen LogP contribution in [-0.2, 0) is 6.18 Å². The Balaban J connectivity index is 2.28. The standard InChI is InChI=1S/C18H17F3N2O/c1-3-23(4-2)17-10-9-16(24-17)11-14(12-22)13-5-7-15(8-6-13)18(19,20)21/h5-11H,3-4H2,1-2H3. The van der Waals surface area contributed by atoms with E-state index in [0.29, 0.717) is 17.2 Å². The second-order valence-corrected chi connectivity index (χ2v) is 5.09. The molecule has 0 saturated carbocycles. The van der Waals surface area contributed by atoms with Crippen LogP contribution in [0.3, 0.4) is 0 Å². The first-order chi connectivity index (χ1) is 11.4. The monoisotopic (exact) mass is 334 g/mol. The van der Waals surface area contributed by atoms with Gasteiger partial charge in [0.05, 0.1) is 17.2 Å². The maximum Gasteiger partial charge on any atom is 0.416 e. The molecule has 0 bridgehead atoms. The number of furan rings is 1. The normalized spacial score (nSPS) is 12.1. The first-order valence-electron chi connectivity index (χ1n) is 7.53. The highest BCUT2D eigenvalue weighted by atomic mass is 19.4. The molecule has 0 saturated heterocycles. The molecule has 0 atom stereocenters. The predicted octanol–water partition coefficient (Wildman–Crippen LogP) is 5.21. The quantitative estimate of drug-likeness (QED) is 0.705. The minimum Gasteiger partial charge on any atom is -0.441 e. The number of nitrogens with zero attached hydrogens (tertiary/aromatic N) is 2. The Morgan fingerprint density at radius 3 is 2.25 bits per heavy atom. The van der Waals surface area contributed by atoms with Gasteiger partial charge in [-0.05, 0) is 43.7 Å². The number of hydrogen-bond donors (Lipinski definition) is 0. The Hall–Kier alpha value is -2.68. The summed E-state index contributed by atoms with van der Waals surface area (Å²) in [7, 11) is 0. The number of anilines is 1. The fourth-order valence-corrected chi connectivity index (χ4v) is 2.29. The van der Waals surface area contributed by atoms with Crippen LogP contribution >= 0.6 is 0 Å². The topological polar surface area (TPSA) is 40.2 Å². The molecule has 2 aromatic rings. The summed E-state index contributed by atoms with van der Waals surface area (Å²) >= 11 is 0. The zero-order valence-corrected chi connectivity index (χ0v) is 13.4. The van der Waals surface area contributed by atoms with E-state index >= 15 is 0 Å². The largest absolute Gasteiger partial charge is 0.441 e. The van der Waals surface area contributed by atoms with E-state index in [1.54, 1.807) is 12.1 Å². The fourth-order valence-electron chi connectivity index (χ4n) is 2.29. The lowest BCUT2D eigenvalue weighted by Crippen LogP contribution is -2.20. The van der Waals surface area contributed by atoms with E-state index in [0.717, 1.165) is 25.2 Å². The van der Waals surface area contributed by atoms with Crippen molar-refractivity contribution in [2.24, 2.45) is 0 Å². The number of halogens is 3. The molecule has 126 valence electrons. The summed E-state index contributed by atoms with van der Waals surface area (Å²) in [5, 5.41) is 9.29. The average Bonchev–Trinajstić information content (AvgIpc) is 3.01. The molecule has 0 unspecified atom stereocenters. The van der Waals surface area contributed by atoms with Gasteiger partial charge in [-0.1, -0.05) is 12.1 Å². The van der Waals surface area contributed by atoms with Crippen molar-refractivity contribution in [3.05, 3.63) is 53.3 Å². The Morgan fingerprint density at radius 1 is 1.12 bits per heavy atom. The first kappa shape index (κ1) is 17.7. The molecule has 24 heavy (non-hydrogen) atoms. The molecule has 0 aliphatic heterocycles. The third-order valence-electron chi connectivity index (χ3n) is 3.62. The van der Waals surface area contributed by atoms with Gasteiger partial charge < -0.3 is 9.32 Å². The molecule has 0 radical (unpaired) electrons. The lowest BCUT2D eigenvalue weighted by Gasteiger charge is -2.16. The molecule has 1 heterocycles. The van der Waals surface area contributed by atoms with Crippen LogP contribution < -0.4 is 4.90 Å². The number of hydrogen-bond acceptors (Lipinski definition) is 3. The molecule has 0 amide bonds. The average molecular weight is 334 g/mol. The summed E-state index contributed by atoms with van der Waals surface area (Å²) in [4.78, 5) is 2.02. The molecule has 0 spiro atoms. The van der Waals surface area contributed by atoms with E-state index in [2.05, 4.69) is 0 Å². The molecule has 0 fully saturated rings. The van der Waals surface area contributed by atoms with Crippen LogP contribution in [0.2, 0.25) is 0 Å². The molecule has 1 aromatic carbocycles. The molecular formula is C18H17F3N2O. The molecule has 3 nitrogen and oxygen atoms in total. The van der Waals surface area contributed by atoms with Crippen LogP contribution in [0.25, 0.3) is 11.6 Å². The SMILES string of the molecule is CCN(CC)c1ccc(C=C(C#N)c2ccc(C(F)(F)F)cc2)o1. The smallest absolute Gasteiger partial charge is 0.416 e. The van der Waals surface area contributed by atoms with Gasteiger partial charge in [0.15, 0.2) is 5.88 Å². The minimum absolute atomic E-state index is 0.240. The number of rotatable bonds is 5. The maximum atomic E-state index is 12.6. The fraction of sp³-hybridized carbons (Fsp3) is 0.278. The van der Waals surface area contributed by atoms with E-state index in [1.165, 1.54) is 18.2 Å². The van der Waals surface area contributed by atoms with Crippen molar-refractivity contribution in [1.82, 2.24) is 0 Å². The van der Waals surface area contributed by atoms with Crippen LogP contribution in [0.1, 0.15) is 30.7 Å². The van der Waals surface area contributed by atoms with Crippen LogP contribution in [0, 0.1) is 11.3 Å². The first-order valence-corrected chi connectivity index (χ1v) is 7.53. The number of nitriles is 1. The lowest BCUT2D eigenvalue weighted by atomic mass is 10.0. The number of allylic oxidation sites excluding steroid dienone is 1. The highest BCUT2D eigenvalue weighted by Crippen LogP contribution is 2.30. The molecule has 1 aromatic heterocycles. The second-order valence-electron chi connectivity index (χ2n) is 5.09. The Bertz CT molecular complexity index is 748. The van der Waals surface area contributed by atoms with Gasteiger partial charge in [-0.15, -0.1) is 0 Å². The van der Waals surface area contributed by atoms with Crippen molar-refractivity contribution in [3.63, 3.8) is 0 Å². The zero-order chi connectivity index (χ0) is 17.7. The lowest BCUT2D eigenvalue weighted by molar-refractivity contribution is -0.137. The molecule has 6 heteroatoms. The van der Waals surface area contributed by atoms with Crippen molar-refractivity contribution >= 4 is 17.5 Å². The summed E-state index contributed by atoms with van der Waals surface area (Å²) in [6.45, 7) is 5.59. The third-order valence-corrected chi connectivity index (χ3v) is 3.62. The van der Waals surface area contributed by atoms with Gasteiger partial charge in [-0.3, -0.25) is 0 Å². The second kappa shape index (κ2) is 7.26. The van der Waals surface area contributed by atoms with Crippen molar-refractivity contribution in [1.29, 1.82) is 5.26 Å². The molecule has 0 N–H and O–H groups in total. The third kappa shape index (κ3) is 3.99. The van der Waals surface area contributed by atoms with Crippen molar-refractivity contribution in [3.8, 4) is 6.07 Å². The highest BCUT2D eigenvalue weighted by Gasteiger charge is 2.30. The van der Waals surface area contributed by atoms with Gasteiger partial charge in [-0.25, -0.2) is 0 Å². The van der Waals surface area contributed by atoms with Crippen LogP contribution in [0.15, 0.2) is 40.8 Å². The van der Waals surface area contributed by atoms with Gasteiger partial charge in [0.1, 0.15) is 5.76 Å². The van der Waals surface area contributed by atoms with E-state index in [-0.39, 0.29) is 5.57 Å². The van der Waals surface area contributed by atoms with Crippen molar-refractivity contribution < 1.29 is 17.6 Å². The Morgan fingerprint density at radius 2 is 1.75 bits per heavy atom. The summed E-state index contributed by atoms with van der Waals surface area (Å²) in [6.07, 6.45) is -2.87. The Kier molecular flexibility index (Phi) is 5.35. The van der Waals surface area contributed by atoms with Gasteiger partial charge in [0, 0.05) is 19.2 Å². The Labute approximate surface area is 138 Å². The van der Waals surface area contributed by atoms with Gasteiger partial charge in [-0.2, -0.15) is 18.4 Å². The van der Waals surface area contributed by atoms with Gasteiger partial charge in [0.25, 0.3) is 0 Å². The van der Waals surface area contributed by atoms with Crippen LogP contribution in [0.4, 0.5) is 19.1 Å². The predicted molar refractivity (Wildman–Crippen MR) is 87.2 cm³/mol. The van der Waals surface area contributed by atoms with Crippen LogP contribution in [0.5, 0.6) is 0 Å². The van der Waals surface area contributed by atoms with E-state index in [4.69, 9.17) is 4.42 Å². The van der Waals surface area contributed by atoms with Gasteiger partial charge >= 0.3 is 6.18 Å². The number of benzene rings is 1. The van der Waals surface area contributed by atoms with Crippen molar-refractivity contribution in [2.75, 3.05) is 18.0 Å². The molecule has 0 aliphatic carbocycles. The number of alkyl halides is 3. The molecule has 2 rings (SSSR count). The summed E-state index contributed by atoms with van der Waals surface area (Å²) < 4.78 is 43.5. The molecular weight excluding hydrogens is 317 g/mol. The van der Waals surface area contributed by atoms with Crippen molar-refractivity contribution in [2.45, 2.75) is 20.0 Å². The highest BCUT2D eigenvalue weighted by molar-refractivity contribution is 5.88. The molecule has 0 aliphatic rings. The van der Waals surface area contributed by atoms with E-state index < -0.39 is 11.7 Å². The van der Waals surface area contributed by atoms with E-state index in [9.17, 15) is 18.4 Å². The van der Waals surface area contributed by atoms with Crippen LogP contribution in [-0.4, -0.2) is 13.1 Å². The summed E-state index contributed by atoms with van der Waals surface area (Å²) in [6, 6.07) is 10.0. The minimum atomic E-state index is -4.39. The van der Waals surface area contributed by atoms with Gasteiger partial charge in [0.2, 0.25) is 0 Å². The zero-order valence-electron chi connectivity index (χ0n) is 13.4. The maximum absolute atomic E-state index is 12.6. The summed E-state index contributed by atoms with van der Waals surface area (Å²) in [5.74, 6) is 1.17.